The van der Waals surface area contributed by atoms with E-state index >= 15 is 0 Å². The average Bonchev–Trinajstić information content (AvgIpc) is 3.10. The Morgan fingerprint density at radius 2 is 1.42 bits per heavy atom. The van der Waals surface area contributed by atoms with E-state index in [4.69, 9.17) is 51.8 Å². The zero-order valence-electron chi connectivity index (χ0n) is 31.2. The van der Waals surface area contributed by atoms with E-state index in [1.165, 1.54) is 13.0 Å². The van der Waals surface area contributed by atoms with Gasteiger partial charge in [0.1, 0.15) is 36.2 Å². The predicted molar refractivity (Wildman–Crippen MR) is 179 cm³/mol. The van der Waals surface area contributed by atoms with Gasteiger partial charge in [-0.05, 0) is 30.2 Å². The lowest BCUT2D eigenvalue weighted by Gasteiger charge is -2.47. The molecule has 0 spiro atoms. The van der Waals surface area contributed by atoms with E-state index in [2.05, 4.69) is 10.0 Å². The molecule has 10 atom stereocenters. The van der Waals surface area contributed by atoms with Gasteiger partial charge in [0, 0.05) is 51.0 Å². The molecule has 57 heavy (non-hydrogen) atoms. The summed E-state index contributed by atoms with van der Waals surface area (Å²) in [6, 6.07) is 1.64. The van der Waals surface area contributed by atoms with Gasteiger partial charge >= 0.3 is 41.4 Å². The number of alkyl halides is 2. The Morgan fingerprint density at radius 3 is 1.98 bits per heavy atom. The molecule has 2 aromatic rings. The highest BCUT2D eigenvalue weighted by Gasteiger charge is 2.58. The summed E-state index contributed by atoms with van der Waals surface area (Å²) in [4.78, 5) is 89.7. The van der Waals surface area contributed by atoms with Crippen molar-refractivity contribution in [3.63, 3.8) is 0 Å². The monoisotopic (exact) mass is 813 g/mol. The first-order valence-electron chi connectivity index (χ1n) is 16.8. The van der Waals surface area contributed by atoms with Gasteiger partial charge in [-0.25, -0.2) is 18.4 Å². The molecule has 0 amide bonds. The van der Waals surface area contributed by atoms with E-state index in [9.17, 15) is 47.9 Å². The summed E-state index contributed by atoms with van der Waals surface area (Å²) in [5.41, 5.74) is 7.39. The van der Waals surface area contributed by atoms with Crippen LogP contribution in [-0.2, 0) is 71.4 Å². The lowest BCUT2D eigenvalue weighted by Crippen LogP contribution is -2.67. The second kappa shape index (κ2) is 18.8. The van der Waals surface area contributed by atoms with Crippen LogP contribution in [-0.4, -0.2) is 111 Å². The maximum Gasteiger partial charge on any atom is 0.338 e. The number of carbonyl (C=O) groups is 6. The van der Waals surface area contributed by atoms with Gasteiger partial charge in [-0.15, -0.1) is 0 Å². The number of aryl methyl sites for hydroxylation is 1. The SMILES string of the molecule is COC(=O)[C@H]1O[C@@H](Oc2ccc3c(C)cc(=O)oc3c2C(F)F)[C@H](OC(C)=O)C(OC(C)=O)[C@@H]1O[C@H]1O[C@H](COC(C)=O)[C@@H](OC(C)=O)[C@H](OC(C)=O)[C@H]1N=[N+]=[N-]. The Labute approximate surface area is 320 Å². The van der Waals surface area contributed by atoms with Crippen LogP contribution in [0.1, 0.15) is 52.2 Å². The normalized spacial score (nSPS) is 27.0. The smallest absolute Gasteiger partial charge is 0.338 e. The molecule has 0 N–H and O–H groups in total. The standard InChI is InChI=1S/C34H37F2N3O18/c1-12-10-21(45)55-24-18(12)8-9-19(22(24)31(35)36)53-34-30(52-17(6)44)28(51-16(5)43)27(29(57-34)32(46)47-7)56-33-23(38-39-37)26(50-15(4)42)25(49-14(3)41)20(54-33)11-48-13(2)40/h8-10,20,23,25-31,33-34H,11H2,1-7H3/t20-,23-,25-,26-,27+,28?,29+,30-,33-,34-/m1/s1. The van der Waals surface area contributed by atoms with Gasteiger partial charge in [-0.1, -0.05) is 5.11 Å². The van der Waals surface area contributed by atoms with Gasteiger partial charge in [-0.2, -0.15) is 0 Å². The molecule has 2 saturated heterocycles. The van der Waals surface area contributed by atoms with Crippen LogP contribution in [0.5, 0.6) is 5.75 Å². The third-order valence-electron chi connectivity index (χ3n) is 8.26. The lowest BCUT2D eigenvalue weighted by atomic mass is 9.95. The van der Waals surface area contributed by atoms with Crippen molar-refractivity contribution in [2.45, 2.75) is 109 Å². The number of benzene rings is 1. The molecule has 3 heterocycles. The van der Waals surface area contributed by atoms with Crippen LogP contribution < -0.4 is 10.4 Å². The van der Waals surface area contributed by atoms with Crippen LogP contribution >= 0.6 is 0 Å². The zero-order chi connectivity index (χ0) is 42.3. The molecule has 1 aromatic carbocycles. The topological polar surface area (TPSA) is 274 Å². The number of hydrogen-bond donors (Lipinski definition) is 0. The van der Waals surface area contributed by atoms with Gasteiger partial charge in [0.2, 0.25) is 12.4 Å². The lowest BCUT2D eigenvalue weighted by molar-refractivity contribution is -0.333. The number of methoxy groups -OCH3 is 1. The number of halogens is 2. The van der Waals surface area contributed by atoms with Crippen molar-refractivity contribution in [3.8, 4) is 5.75 Å². The molecule has 2 aliphatic rings. The quantitative estimate of drug-likeness (QED) is 0.0701. The molecule has 0 radical (unpaired) electrons. The first-order valence-corrected chi connectivity index (χ1v) is 16.8. The number of rotatable bonds is 13. The first kappa shape index (κ1) is 43.8. The molecule has 2 fully saturated rings. The van der Waals surface area contributed by atoms with Gasteiger partial charge in [0.25, 0.3) is 6.43 Å². The van der Waals surface area contributed by atoms with Crippen molar-refractivity contribution in [2.24, 2.45) is 5.11 Å². The fourth-order valence-electron chi connectivity index (χ4n) is 6.16. The maximum absolute atomic E-state index is 14.7. The largest absolute Gasteiger partial charge is 0.467 e. The minimum Gasteiger partial charge on any atom is -0.467 e. The highest BCUT2D eigenvalue weighted by atomic mass is 19.3. The number of ether oxygens (including phenoxy) is 10. The van der Waals surface area contributed by atoms with Crippen molar-refractivity contribution in [1.29, 1.82) is 0 Å². The van der Waals surface area contributed by atoms with E-state index in [-0.39, 0.29) is 10.9 Å². The summed E-state index contributed by atoms with van der Waals surface area (Å²) >= 11 is 0. The first-order chi connectivity index (χ1) is 26.9. The van der Waals surface area contributed by atoms with Crippen LogP contribution in [0.4, 0.5) is 8.78 Å². The average molecular weight is 814 g/mol. The van der Waals surface area contributed by atoms with E-state index in [0.717, 1.165) is 53.9 Å². The molecular formula is C34H37F2N3O18. The second-order valence-corrected chi connectivity index (χ2v) is 12.4. The Hall–Kier alpha value is -5.90. The van der Waals surface area contributed by atoms with Crippen LogP contribution in [0.25, 0.3) is 21.4 Å². The van der Waals surface area contributed by atoms with Crippen LogP contribution in [0.15, 0.2) is 32.5 Å². The molecule has 23 heteroatoms. The van der Waals surface area contributed by atoms with Crippen molar-refractivity contribution in [1.82, 2.24) is 0 Å². The highest BCUT2D eigenvalue weighted by molar-refractivity contribution is 5.85. The molecule has 0 bridgehead atoms. The van der Waals surface area contributed by atoms with E-state index in [1.807, 2.05) is 0 Å². The summed E-state index contributed by atoms with van der Waals surface area (Å²) in [7, 11) is 0.912. The van der Waals surface area contributed by atoms with Crippen LogP contribution in [0, 0.1) is 6.92 Å². The number of esters is 6. The highest BCUT2D eigenvalue weighted by Crippen LogP contribution is 2.40. The van der Waals surface area contributed by atoms with Gasteiger partial charge < -0.3 is 51.8 Å². The molecule has 1 unspecified atom stereocenters. The molecule has 1 aromatic heterocycles. The summed E-state index contributed by atoms with van der Waals surface area (Å²) in [6.07, 6.45) is -20.3. The predicted octanol–water partition coefficient (Wildman–Crippen LogP) is 2.39. The Bertz CT molecular complexity index is 1990. The molecule has 0 saturated carbocycles. The molecule has 4 rings (SSSR count). The van der Waals surface area contributed by atoms with Crippen LogP contribution in [0.2, 0.25) is 0 Å². The molecular weight excluding hydrogens is 776 g/mol. The molecule has 0 aliphatic carbocycles. The minimum atomic E-state index is -3.34. The zero-order valence-corrected chi connectivity index (χ0v) is 31.2. The van der Waals surface area contributed by atoms with Crippen LogP contribution in [0.3, 0.4) is 0 Å². The number of carbonyl (C=O) groups excluding carboxylic acids is 6. The fourth-order valence-corrected chi connectivity index (χ4v) is 6.16. The Morgan fingerprint density at radius 1 is 0.825 bits per heavy atom. The van der Waals surface area contributed by atoms with E-state index in [1.54, 1.807) is 0 Å². The number of nitrogens with zero attached hydrogens (tertiary/aromatic N) is 3. The van der Waals surface area contributed by atoms with E-state index in [0.29, 0.717) is 0 Å². The van der Waals surface area contributed by atoms with Gasteiger partial charge in [-0.3, -0.25) is 24.0 Å². The fraction of sp³-hybridized carbons (Fsp3) is 0.559. The van der Waals surface area contributed by atoms with Crippen molar-refractivity contribution >= 4 is 46.8 Å². The Kier molecular flexibility index (Phi) is 14.5. The molecule has 2 aliphatic heterocycles. The van der Waals surface area contributed by atoms with Gasteiger partial charge in [0.15, 0.2) is 36.3 Å². The number of hydrogen-bond acceptors (Lipinski definition) is 19. The summed E-state index contributed by atoms with van der Waals surface area (Å²) in [5.74, 6) is -6.83. The molecule has 21 nitrogen and oxygen atoms in total. The third kappa shape index (κ3) is 10.5. The maximum atomic E-state index is 14.7. The summed E-state index contributed by atoms with van der Waals surface area (Å²) in [5, 5.41) is 3.73. The summed E-state index contributed by atoms with van der Waals surface area (Å²) in [6.45, 7) is 5.65. The van der Waals surface area contributed by atoms with E-state index < -0.39 is 133 Å². The Balaban J connectivity index is 1.88. The van der Waals surface area contributed by atoms with Crippen molar-refractivity contribution in [2.75, 3.05) is 13.7 Å². The van der Waals surface area contributed by atoms with Gasteiger partial charge in [0.05, 0.1) is 7.11 Å². The van der Waals surface area contributed by atoms with Crippen molar-refractivity contribution in [3.05, 3.63) is 50.2 Å². The summed E-state index contributed by atoms with van der Waals surface area (Å²) < 4.78 is 89.8. The van der Waals surface area contributed by atoms with Crippen molar-refractivity contribution < 1.29 is 89.3 Å². The minimum absolute atomic E-state index is 0.120. The molecule has 310 valence electrons. The number of azide groups is 1. The third-order valence-corrected chi connectivity index (χ3v) is 8.26. The number of fused-ring (bicyclic) bond motifs is 1. The second-order valence-electron chi connectivity index (χ2n) is 12.4.